The average Bonchev–Trinajstić information content (AvgIpc) is 2.61. The van der Waals surface area contributed by atoms with Crippen molar-refractivity contribution in [3.63, 3.8) is 0 Å². The van der Waals surface area contributed by atoms with Crippen molar-refractivity contribution in [2.24, 2.45) is 0 Å². The molecule has 5 nitrogen and oxygen atoms in total. The highest BCUT2D eigenvalue weighted by molar-refractivity contribution is 5.74. The highest BCUT2D eigenvalue weighted by atomic mass is 16.2. The number of carbonyl (C=O) groups excluding carboxylic acids is 1. The predicted octanol–water partition coefficient (Wildman–Crippen LogP) is 3.25. The number of aromatic nitrogens is 1. The quantitative estimate of drug-likeness (QED) is 0.922. The molecule has 0 aliphatic rings. The van der Waals surface area contributed by atoms with E-state index in [1.165, 1.54) is 0 Å². The molecule has 0 aliphatic heterocycles. The Bertz CT molecular complexity index is 676. The Morgan fingerprint density at radius 2 is 2.04 bits per heavy atom. The van der Waals surface area contributed by atoms with Gasteiger partial charge in [-0.3, -0.25) is 4.98 Å². The number of hydrogen-bond acceptors (Lipinski definition) is 3. The van der Waals surface area contributed by atoms with Gasteiger partial charge in [0.2, 0.25) is 0 Å². The third-order valence-corrected chi connectivity index (χ3v) is 3.74. The summed E-state index contributed by atoms with van der Waals surface area (Å²) >= 11 is 0. The van der Waals surface area contributed by atoms with Crippen LogP contribution in [-0.4, -0.2) is 22.5 Å². The molecule has 0 aliphatic carbocycles. The van der Waals surface area contributed by atoms with Gasteiger partial charge in [-0.25, -0.2) is 4.79 Å². The van der Waals surface area contributed by atoms with Crippen LogP contribution in [0.1, 0.15) is 36.7 Å². The molecule has 1 N–H and O–H groups in total. The average molecular weight is 308 g/mol. The van der Waals surface area contributed by atoms with Crippen molar-refractivity contribution in [3.05, 3.63) is 65.5 Å². The number of pyridine rings is 1. The van der Waals surface area contributed by atoms with Crippen LogP contribution in [0.2, 0.25) is 0 Å². The van der Waals surface area contributed by atoms with Gasteiger partial charge in [-0.1, -0.05) is 18.2 Å². The first kappa shape index (κ1) is 16.5. The van der Waals surface area contributed by atoms with Gasteiger partial charge >= 0.3 is 6.03 Å². The largest absolute Gasteiger partial charge is 0.332 e. The second-order valence-electron chi connectivity index (χ2n) is 5.18. The van der Waals surface area contributed by atoms with Crippen molar-refractivity contribution in [3.8, 4) is 6.07 Å². The Morgan fingerprint density at radius 3 is 2.61 bits per heavy atom. The molecule has 23 heavy (non-hydrogen) atoms. The van der Waals surface area contributed by atoms with Gasteiger partial charge < -0.3 is 10.2 Å². The lowest BCUT2D eigenvalue weighted by Crippen LogP contribution is -2.41. The van der Waals surface area contributed by atoms with E-state index < -0.39 is 0 Å². The first-order chi connectivity index (χ1) is 11.2. The van der Waals surface area contributed by atoms with Gasteiger partial charge in [0.25, 0.3) is 0 Å². The van der Waals surface area contributed by atoms with E-state index in [0.717, 1.165) is 11.3 Å². The van der Waals surface area contributed by atoms with Crippen LogP contribution in [-0.2, 0) is 6.54 Å². The van der Waals surface area contributed by atoms with Crippen molar-refractivity contribution in [2.45, 2.75) is 26.4 Å². The maximum absolute atomic E-state index is 12.4. The van der Waals surface area contributed by atoms with Crippen LogP contribution in [0, 0.1) is 11.3 Å². The maximum atomic E-state index is 12.4. The highest BCUT2D eigenvalue weighted by Gasteiger charge is 2.19. The van der Waals surface area contributed by atoms with E-state index in [4.69, 9.17) is 5.26 Å². The molecule has 0 spiro atoms. The Labute approximate surface area is 136 Å². The minimum atomic E-state index is -0.130. The van der Waals surface area contributed by atoms with E-state index in [0.29, 0.717) is 18.7 Å². The van der Waals surface area contributed by atoms with Gasteiger partial charge in [0.15, 0.2) is 0 Å². The van der Waals surface area contributed by atoms with E-state index in [2.05, 4.69) is 16.4 Å². The zero-order valence-electron chi connectivity index (χ0n) is 13.4. The van der Waals surface area contributed by atoms with Crippen LogP contribution >= 0.6 is 0 Å². The van der Waals surface area contributed by atoms with Gasteiger partial charge in [0.05, 0.1) is 29.9 Å². The van der Waals surface area contributed by atoms with Gasteiger partial charge in [0.1, 0.15) is 0 Å². The highest BCUT2D eigenvalue weighted by Crippen LogP contribution is 2.20. The Morgan fingerprint density at radius 1 is 1.30 bits per heavy atom. The number of carbonyl (C=O) groups is 1. The molecule has 0 saturated carbocycles. The summed E-state index contributed by atoms with van der Waals surface area (Å²) in [5, 5.41) is 11.8. The number of nitrogens with one attached hydrogen (secondary N) is 1. The topological polar surface area (TPSA) is 69.0 Å². The number of benzene rings is 1. The summed E-state index contributed by atoms with van der Waals surface area (Å²) in [5.41, 5.74) is 2.44. The molecular weight excluding hydrogens is 288 g/mol. The Kier molecular flexibility index (Phi) is 5.70. The molecule has 0 radical (unpaired) electrons. The summed E-state index contributed by atoms with van der Waals surface area (Å²) in [6.45, 7) is 4.91. The number of nitriles is 1. The molecular formula is C18H20N4O. The molecule has 2 amide bonds. The summed E-state index contributed by atoms with van der Waals surface area (Å²) in [6, 6.07) is 14.8. The van der Waals surface area contributed by atoms with Crippen molar-refractivity contribution in [2.75, 3.05) is 6.54 Å². The summed E-state index contributed by atoms with van der Waals surface area (Å²) in [5.74, 6) is 0. The van der Waals surface area contributed by atoms with Crippen LogP contribution in [0.4, 0.5) is 4.79 Å². The summed E-state index contributed by atoms with van der Waals surface area (Å²) in [4.78, 5) is 18.4. The molecule has 2 rings (SSSR count). The van der Waals surface area contributed by atoms with Crippen LogP contribution in [0.15, 0.2) is 48.7 Å². The first-order valence-corrected chi connectivity index (χ1v) is 7.60. The molecule has 1 heterocycles. The predicted molar refractivity (Wildman–Crippen MR) is 88.4 cm³/mol. The molecule has 0 saturated heterocycles. The van der Waals surface area contributed by atoms with Gasteiger partial charge in [-0.05, 0) is 43.7 Å². The third kappa shape index (κ3) is 4.30. The van der Waals surface area contributed by atoms with Crippen LogP contribution < -0.4 is 5.32 Å². The monoisotopic (exact) mass is 308 g/mol. The molecule has 0 fully saturated rings. The van der Waals surface area contributed by atoms with E-state index in [-0.39, 0.29) is 12.1 Å². The molecule has 1 atom stereocenters. The minimum Gasteiger partial charge on any atom is -0.332 e. The van der Waals surface area contributed by atoms with Crippen molar-refractivity contribution in [1.82, 2.24) is 15.2 Å². The first-order valence-electron chi connectivity index (χ1n) is 7.60. The van der Waals surface area contributed by atoms with Gasteiger partial charge in [0, 0.05) is 12.7 Å². The van der Waals surface area contributed by atoms with Gasteiger partial charge in [-0.2, -0.15) is 5.26 Å². The smallest absolute Gasteiger partial charge is 0.318 e. The normalized spacial score (nSPS) is 11.3. The van der Waals surface area contributed by atoms with E-state index in [9.17, 15) is 4.79 Å². The SMILES string of the molecule is CCN(C(=O)NCc1ccccn1)[C@@H](C)c1ccc(C#N)cc1. The summed E-state index contributed by atoms with van der Waals surface area (Å²) in [6.07, 6.45) is 1.71. The molecule has 0 bridgehead atoms. The second kappa shape index (κ2) is 7.95. The fourth-order valence-corrected chi connectivity index (χ4v) is 2.38. The molecule has 2 aromatic rings. The van der Waals surface area contributed by atoms with Crippen LogP contribution in [0.3, 0.4) is 0 Å². The second-order valence-corrected chi connectivity index (χ2v) is 5.18. The number of urea groups is 1. The molecule has 1 aromatic heterocycles. The fraction of sp³-hybridized carbons (Fsp3) is 0.278. The standard InChI is InChI=1S/C18H20N4O/c1-3-22(14(2)16-9-7-15(12-19)8-10-16)18(23)21-13-17-6-4-5-11-20-17/h4-11,14H,3,13H2,1-2H3,(H,21,23)/t14-/m0/s1. The summed E-state index contributed by atoms with van der Waals surface area (Å²) < 4.78 is 0. The lowest BCUT2D eigenvalue weighted by Gasteiger charge is -2.28. The van der Waals surface area contributed by atoms with E-state index in [1.807, 2.05) is 44.2 Å². The molecule has 1 aromatic carbocycles. The minimum absolute atomic E-state index is 0.0727. The lowest BCUT2D eigenvalue weighted by atomic mass is 10.1. The number of amides is 2. The fourth-order valence-electron chi connectivity index (χ4n) is 2.38. The van der Waals surface area contributed by atoms with Gasteiger partial charge in [-0.15, -0.1) is 0 Å². The van der Waals surface area contributed by atoms with Crippen LogP contribution in [0.5, 0.6) is 0 Å². The third-order valence-electron chi connectivity index (χ3n) is 3.74. The van der Waals surface area contributed by atoms with E-state index in [1.54, 1.807) is 23.2 Å². The lowest BCUT2D eigenvalue weighted by molar-refractivity contribution is 0.182. The maximum Gasteiger partial charge on any atom is 0.318 e. The van der Waals surface area contributed by atoms with Crippen molar-refractivity contribution in [1.29, 1.82) is 5.26 Å². The number of rotatable bonds is 5. The Hall–Kier alpha value is -2.87. The zero-order valence-corrected chi connectivity index (χ0v) is 13.4. The Balaban J connectivity index is 2.02. The van der Waals surface area contributed by atoms with E-state index >= 15 is 0 Å². The molecule has 0 unspecified atom stereocenters. The zero-order chi connectivity index (χ0) is 16.7. The molecule has 5 heteroatoms. The van der Waals surface area contributed by atoms with Crippen molar-refractivity contribution >= 4 is 6.03 Å². The summed E-state index contributed by atoms with van der Waals surface area (Å²) in [7, 11) is 0. The van der Waals surface area contributed by atoms with Crippen LogP contribution in [0.25, 0.3) is 0 Å². The van der Waals surface area contributed by atoms with Crippen molar-refractivity contribution < 1.29 is 4.79 Å². The number of nitrogens with zero attached hydrogens (tertiary/aromatic N) is 3. The number of hydrogen-bond donors (Lipinski definition) is 1. The molecule has 118 valence electrons.